The Morgan fingerprint density at radius 3 is 2.50 bits per heavy atom. The van der Waals surface area contributed by atoms with E-state index < -0.39 is 30.5 Å². The molecular formula is C9H10F3NO3. The Labute approximate surface area is 89.1 Å². The molecule has 0 aliphatic carbocycles. The summed E-state index contributed by atoms with van der Waals surface area (Å²) < 4.78 is 39.3. The molecule has 4 N–H and O–H groups in total. The Bertz CT molecular complexity index is 368. The fraction of sp³-hybridized carbons (Fsp3) is 0.333. The highest BCUT2D eigenvalue weighted by molar-refractivity contribution is 5.42. The fourth-order valence-corrected chi connectivity index (χ4v) is 1.07. The summed E-state index contributed by atoms with van der Waals surface area (Å²) in [7, 11) is 0. The fourth-order valence-electron chi connectivity index (χ4n) is 1.07. The number of aromatic hydroxyl groups is 1. The molecule has 0 unspecified atom stereocenters. The maximum absolute atomic E-state index is 11.9. The number of phenols is 1. The van der Waals surface area contributed by atoms with Crippen LogP contribution in [0.4, 0.5) is 13.2 Å². The topological polar surface area (TPSA) is 75.7 Å². The van der Waals surface area contributed by atoms with Crippen molar-refractivity contribution in [1.29, 1.82) is 0 Å². The number of ether oxygens (including phenoxy) is 1. The Morgan fingerprint density at radius 2 is 2.00 bits per heavy atom. The van der Waals surface area contributed by atoms with Crippen LogP contribution in [0.3, 0.4) is 0 Å². The average Bonchev–Trinajstić information content (AvgIpc) is 2.18. The highest BCUT2D eigenvalue weighted by Crippen LogP contribution is 2.33. The van der Waals surface area contributed by atoms with Gasteiger partial charge in [-0.2, -0.15) is 0 Å². The zero-order chi connectivity index (χ0) is 12.3. The molecule has 0 saturated heterocycles. The normalized spacial score (nSPS) is 13.6. The SMILES string of the molecule is N[C@H](CO)c1ccc(O)c(OC(F)(F)F)c1. The third kappa shape index (κ3) is 3.28. The quantitative estimate of drug-likeness (QED) is 0.740. The number of hydrogen-bond donors (Lipinski definition) is 3. The van der Waals surface area contributed by atoms with Crippen LogP contribution in [-0.2, 0) is 0 Å². The molecule has 0 aliphatic rings. The first kappa shape index (κ1) is 12.6. The molecule has 0 radical (unpaired) electrons. The second-order valence-electron chi connectivity index (χ2n) is 3.06. The van der Waals surface area contributed by atoms with Crippen molar-refractivity contribution in [3.8, 4) is 11.5 Å². The Morgan fingerprint density at radius 1 is 1.38 bits per heavy atom. The predicted octanol–water partition coefficient (Wildman–Crippen LogP) is 1.28. The van der Waals surface area contributed by atoms with Gasteiger partial charge in [-0.3, -0.25) is 0 Å². The lowest BCUT2D eigenvalue weighted by atomic mass is 10.1. The lowest BCUT2D eigenvalue weighted by Crippen LogP contribution is -2.18. The van der Waals surface area contributed by atoms with E-state index in [-0.39, 0.29) is 5.56 Å². The number of alkyl halides is 3. The number of hydrogen-bond acceptors (Lipinski definition) is 4. The highest BCUT2D eigenvalue weighted by atomic mass is 19.4. The lowest BCUT2D eigenvalue weighted by molar-refractivity contribution is -0.275. The molecule has 90 valence electrons. The number of phenolic OH excluding ortho intramolecular Hbond substituents is 1. The van der Waals surface area contributed by atoms with Gasteiger partial charge in [0.15, 0.2) is 11.5 Å². The smallest absolute Gasteiger partial charge is 0.504 e. The van der Waals surface area contributed by atoms with Crippen molar-refractivity contribution in [3.05, 3.63) is 23.8 Å². The molecule has 0 aromatic heterocycles. The van der Waals surface area contributed by atoms with Gasteiger partial charge in [-0.1, -0.05) is 6.07 Å². The van der Waals surface area contributed by atoms with Crippen molar-refractivity contribution in [2.24, 2.45) is 5.73 Å². The summed E-state index contributed by atoms with van der Waals surface area (Å²) in [5, 5.41) is 17.9. The van der Waals surface area contributed by atoms with Gasteiger partial charge in [0.25, 0.3) is 0 Å². The number of benzene rings is 1. The second-order valence-corrected chi connectivity index (χ2v) is 3.06. The van der Waals surface area contributed by atoms with E-state index in [0.717, 1.165) is 12.1 Å². The molecule has 0 spiro atoms. The standard InChI is InChI=1S/C9H10F3NO3/c10-9(11,12)16-8-3-5(6(13)4-14)1-2-7(8)15/h1-3,6,14-15H,4,13H2/t6-/m1/s1. The molecule has 0 saturated carbocycles. The van der Waals surface area contributed by atoms with Gasteiger partial charge in [-0.05, 0) is 17.7 Å². The third-order valence-electron chi connectivity index (χ3n) is 1.83. The van der Waals surface area contributed by atoms with Crippen molar-refractivity contribution in [2.45, 2.75) is 12.4 Å². The minimum absolute atomic E-state index is 0.236. The van der Waals surface area contributed by atoms with Gasteiger partial charge in [-0.15, -0.1) is 13.2 Å². The van der Waals surface area contributed by atoms with E-state index >= 15 is 0 Å². The molecule has 0 heterocycles. The summed E-state index contributed by atoms with van der Waals surface area (Å²) in [4.78, 5) is 0. The molecule has 0 amide bonds. The summed E-state index contributed by atoms with van der Waals surface area (Å²) in [5.74, 6) is -1.39. The van der Waals surface area contributed by atoms with Crippen LogP contribution < -0.4 is 10.5 Å². The van der Waals surface area contributed by atoms with Crippen LogP contribution in [-0.4, -0.2) is 23.2 Å². The van der Waals surface area contributed by atoms with E-state index in [4.69, 9.17) is 15.9 Å². The maximum Gasteiger partial charge on any atom is 0.573 e. The average molecular weight is 237 g/mol. The number of nitrogens with two attached hydrogens (primary N) is 1. The van der Waals surface area contributed by atoms with Crippen LogP contribution in [0.25, 0.3) is 0 Å². The van der Waals surface area contributed by atoms with E-state index in [1.54, 1.807) is 0 Å². The number of halogens is 3. The van der Waals surface area contributed by atoms with Crippen LogP contribution in [0.5, 0.6) is 11.5 Å². The van der Waals surface area contributed by atoms with Crippen LogP contribution in [0, 0.1) is 0 Å². The van der Waals surface area contributed by atoms with Gasteiger partial charge in [0.1, 0.15) is 0 Å². The molecule has 1 aromatic carbocycles. The van der Waals surface area contributed by atoms with E-state index in [1.165, 1.54) is 6.07 Å². The highest BCUT2D eigenvalue weighted by Gasteiger charge is 2.32. The van der Waals surface area contributed by atoms with Gasteiger partial charge in [0.05, 0.1) is 12.6 Å². The van der Waals surface area contributed by atoms with E-state index in [2.05, 4.69) is 4.74 Å². The van der Waals surface area contributed by atoms with Gasteiger partial charge >= 0.3 is 6.36 Å². The molecule has 4 nitrogen and oxygen atoms in total. The molecule has 0 bridgehead atoms. The summed E-state index contributed by atoms with van der Waals surface area (Å²) >= 11 is 0. The van der Waals surface area contributed by atoms with Crippen molar-refractivity contribution in [2.75, 3.05) is 6.61 Å². The zero-order valence-electron chi connectivity index (χ0n) is 8.03. The largest absolute Gasteiger partial charge is 0.573 e. The Hall–Kier alpha value is -1.47. The molecule has 7 heteroatoms. The van der Waals surface area contributed by atoms with E-state index in [0.29, 0.717) is 0 Å². The molecule has 0 fully saturated rings. The van der Waals surface area contributed by atoms with Crippen molar-refractivity contribution in [3.63, 3.8) is 0 Å². The minimum atomic E-state index is -4.89. The van der Waals surface area contributed by atoms with Crippen LogP contribution >= 0.6 is 0 Å². The second kappa shape index (κ2) is 4.58. The summed E-state index contributed by atoms with van der Waals surface area (Å²) in [6.07, 6.45) is -4.89. The third-order valence-corrected chi connectivity index (χ3v) is 1.83. The molecule has 1 atom stereocenters. The predicted molar refractivity (Wildman–Crippen MR) is 48.8 cm³/mol. The lowest BCUT2D eigenvalue weighted by Gasteiger charge is -2.13. The summed E-state index contributed by atoms with van der Waals surface area (Å²) in [6, 6.07) is 2.44. The summed E-state index contributed by atoms with van der Waals surface area (Å²) in [6.45, 7) is -0.420. The van der Waals surface area contributed by atoms with Crippen molar-refractivity contribution in [1.82, 2.24) is 0 Å². The van der Waals surface area contributed by atoms with Crippen molar-refractivity contribution < 1.29 is 28.1 Å². The monoisotopic (exact) mass is 237 g/mol. The molecule has 16 heavy (non-hydrogen) atoms. The maximum atomic E-state index is 11.9. The van der Waals surface area contributed by atoms with Crippen LogP contribution in [0.1, 0.15) is 11.6 Å². The Balaban J connectivity index is 2.99. The van der Waals surface area contributed by atoms with E-state index in [1.807, 2.05) is 0 Å². The zero-order valence-corrected chi connectivity index (χ0v) is 8.03. The van der Waals surface area contributed by atoms with Crippen LogP contribution in [0.15, 0.2) is 18.2 Å². The minimum Gasteiger partial charge on any atom is -0.504 e. The van der Waals surface area contributed by atoms with Gasteiger partial charge in [0, 0.05) is 0 Å². The Kier molecular flexibility index (Phi) is 3.61. The number of aliphatic hydroxyl groups is 1. The first-order valence-corrected chi connectivity index (χ1v) is 4.28. The first-order chi connectivity index (χ1) is 7.33. The van der Waals surface area contributed by atoms with Crippen molar-refractivity contribution >= 4 is 0 Å². The summed E-state index contributed by atoms with van der Waals surface area (Å²) in [5.41, 5.74) is 5.64. The molecular weight excluding hydrogens is 227 g/mol. The molecule has 1 rings (SSSR count). The van der Waals surface area contributed by atoms with Crippen LogP contribution in [0.2, 0.25) is 0 Å². The number of rotatable bonds is 3. The van der Waals surface area contributed by atoms with E-state index in [9.17, 15) is 13.2 Å². The van der Waals surface area contributed by atoms with Gasteiger partial charge in [-0.25, -0.2) is 0 Å². The molecule has 1 aromatic rings. The van der Waals surface area contributed by atoms with Gasteiger partial charge < -0.3 is 20.7 Å². The van der Waals surface area contributed by atoms with Gasteiger partial charge in [0.2, 0.25) is 0 Å². The number of aliphatic hydroxyl groups excluding tert-OH is 1. The first-order valence-electron chi connectivity index (χ1n) is 4.28. The molecule has 0 aliphatic heterocycles.